The van der Waals surface area contributed by atoms with Crippen LogP contribution in [0.3, 0.4) is 0 Å². The lowest BCUT2D eigenvalue weighted by molar-refractivity contribution is 0.469. The van der Waals surface area contributed by atoms with E-state index in [9.17, 15) is 0 Å². The van der Waals surface area contributed by atoms with Gasteiger partial charge in [0.05, 0.1) is 46.9 Å². The highest BCUT2D eigenvalue weighted by molar-refractivity contribution is 6.09. The van der Waals surface area contributed by atoms with Gasteiger partial charge in [-0.1, -0.05) is 306 Å². The molecule has 0 saturated carbocycles. The molecule has 8 aromatic carbocycles. The number of nitriles is 5. The number of fused-ring (bicyclic) bond motifs is 5. The molecule has 94 heavy (non-hydrogen) atoms. The molecule has 0 N–H and O–H groups in total. The second-order valence-electron chi connectivity index (χ2n) is 26.2. The van der Waals surface area contributed by atoms with Crippen molar-refractivity contribution >= 4 is 43.4 Å². The van der Waals surface area contributed by atoms with E-state index >= 15 is 0 Å². The molecule has 0 unspecified atom stereocenters. The van der Waals surface area contributed by atoms with Crippen LogP contribution in [0, 0.1) is 85.2 Å². The zero-order valence-corrected chi connectivity index (χ0v) is 61.3. The molecule has 0 radical (unpaired) electrons. The van der Waals surface area contributed by atoms with Gasteiger partial charge in [-0.05, 0) is 92.6 Å². The van der Waals surface area contributed by atoms with Gasteiger partial charge in [0.1, 0.15) is 0 Å². The maximum absolute atomic E-state index is 8.29. The molecule has 0 atom stereocenters. The largest absolute Gasteiger partial charge is 0.309 e. The number of hydrogen-bond acceptors (Lipinski definition) is 8. The van der Waals surface area contributed by atoms with Gasteiger partial charge < -0.3 is 4.57 Å². The average molecular weight is 1260 g/mol. The first-order valence-electron chi connectivity index (χ1n) is 31.5. The summed E-state index contributed by atoms with van der Waals surface area (Å²) >= 11 is 0. The highest BCUT2D eigenvalue weighted by Crippen LogP contribution is 2.31. The molecule has 9 heteroatoms. The molecule has 496 valence electrons. The monoisotopic (exact) mass is 1260 g/mol. The predicted molar refractivity (Wildman–Crippen MR) is 408 cm³/mol. The Morgan fingerprint density at radius 3 is 0.798 bits per heavy atom. The van der Waals surface area contributed by atoms with Gasteiger partial charge >= 0.3 is 0 Å². The van der Waals surface area contributed by atoms with Crippen LogP contribution in [-0.2, 0) is 0 Å². The van der Waals surface area contributed by atoms with Crippen LogP contribution < -0.4 is 0 Å². The Labute approximate surface area is 569 Å². The number of rotatable bonds is 1. The molecule has 0 saturated heterocycles. The molecule has 0 spiro atoms. The van der Waals surface area contributed by atoms with Crippen molar-refractivity contribution in [2.45, 2.75) is 159 Å². The summed E-state index contributed by atoms with van der Waals surface area (Å²) in [4.78, 5) is 11.5. The van der Waals surface area contributed by atoms with Gasteiger partial charge in [-0.3, -0.25) is 15.0 Å². The molecule has 9 nitrogen and oxygen atoms in total. The third-order valence-corrected chi connectivity index (χ3v) is 9.12. The van der Waals surface area contributed by atoms with Crippen molar-refractivity contribution in [2.75, 3.05) is 0 Å². The topological polar surface area (TPSA) is 163 Å². The van der Waals surface area contributed by atoms with Crippen LogP contribution in [-0.4, -0.2) is 19.5 Å². The fraction of sp³-hybridized carbons (Fsp3) is 0.318. The fourth-order valence-corrected chi connectivity index (χ4v) is 6.24. The van der Waals surface area contributed by atoms with Crippen molar-refractivity contribution in [2.24, 2.45) is 21.7 Å². The summed E-state index contributed by atoms with van der Waals surface area (Å²) in [5.74, 6) is 0. The quantitative estimate of drug-likeness (QED) is 0.157. The summed E-state index contributed by atoms with van der Waals surface area (Å²) in [5.41, 5.74) is 7.76. The van der Waals surface area contributed by atoms with Crippen molar-refractivity contribution < 1.29 is 0 Å². The molecule has 0 fully saturated rings. The van der Waals surface area contributed by atoms with Gasteiger partial charge in [0.2, 0.25) is 0 Å². The number of para-hydroxylation sites is 3. The summed E-state index contributed by atoms with van der Waals surface area (Å²) in [6, 6.07) is 83.0. The Kier molecular flexibility index (Phi) is 53.3. The number of benzene rings is 8. The Morgan fingerprint density at radius 2 is 0.543 bits per heavy atom. The lowest BCUT2D eigenvalue weighted by Crippen LogP contribution is -1.93. The summed E-state index contributed by atoms with van der Waals surface area (Å²) in [7, 11) is 0. The highest BCUT2D eigenvalue weighted by Gasteiger charge is 2.10. The van der Waals surface area contributed by atoms with Gasteiger partial charge in [-0.25, -0.2) is 0 Å². The second-order valence-corrected chi connectivity index (χ2v) is 26.2. The van der Waals surface area contributed by atoms with E-state index in [4.69, 9.17) is 26.3 Å². The SMILES string of the molecule is CC.CC#N.CC#N.CC#N.CC#N.CC(C)(C)C.CC(C)(C)C.CC(C)(C)C.CC(C)(C)C.Cc1ccccc1.N#Cc1ccccc1.c1ccc(-n2c3ccccc3c3ccccc32)cc1.c1ccc2ccccc2c1.c1ccc2cnccc2c1.c1cnccn1. The number of nitrogens with zero attached hydrogens (tertiary/aromatic N) is 9. The first-order chi connectivity index (χ1) is 44.4. The third-order valence-electron chi connectivity index (χ3n) is 9.12. The number of pyridine rings is 1. The Balaban J connectivity index is -0.000000484. The first-order valence-corrected chi connectivity index (χ1v) is 31.5. The van der Waals surface area contributed by atoms with Crippen LogP contribution in [0.5, 0.6) is 0 Å². The van der Waals surface area contributed by atoms with Gasteiger partial charge in [0.25, 0.3) is 0 Å². The van der Waals surface area contributed by atoms with Crippen LogP contribution in [0.15, 0.2) is 256 Å². The minimum Gasteiger partial charge on any atom is -0.309 e. The lowest BCUT2D eigenvalue weighted by Gasteiger charge is -2.06. The summed E-state index contributed by atoms with van der Waals surface area (Å²) in [6.45, 7) is 46.8. The standard InChI is InChI=1S/C18H13N.C10H8.C9H7N.C7H5N.C7H8.4C5H12.C4H4N2.4C2H3N.C2H6/c1-2-8-14(9-3-1)19-17-12-6-4-10-15(17)16-11-5-7-13-18(16)19;1-2-6-10-8-4-3-7-9(10)5-1;1-2-4-9-7-10-6-5-8(9)3-1;8-6-7-4-2-1-3-5-7;1-7-5-3-2-4-6-7;4*1-5(2,3)4;1-2-6-4-3-5-1;4*1-2-3;1-2/h1-13H;1-8H;1-7H;1-5H;2-6H,1H3;4*1-4H3;1-4H;4*1H3;1-2H3. The van der Waals surface area contributed by atoms with Crippen LogP contribution in [0.4, 0.5) is 0 Å². The molecular weight excluding hydrogens is 1150 g/mol. The minimum atomic E-state index is 0.500. The van der Waals surface area contributed by atoms with Crippen molar-refractivity contribution in [1.82, 2.24) is 19.5 Å². The number of hydrogen-bond donors (Lipinski definition) is 0. The van der Waals surface area contributed by atoms with Crippen LogP contribution in [0.2, 0.25) is 0 Å². The van der Waals surface area contributed by atoms with Crippen molar-refractivity contribution in [1.29, 1.82) is 26.3 Å². The van der Waals surface area contributed by atoms with Gasteiger partial charge in [-0.2, -0.15) is 26.3 Å². The van der Waals surface area contributed by atoms with E-state index in [1.807, 2.05) is 86.9 Å². The normalized spacial score (nSPS) is 9.17. The Hall–Kier alpha value is -10.2. The van der Waals surface area contributed by atoms with Crippen LogP contribution in [0.1, 0.15) is 163 Å². The van der Waals surface area contributed by atoms with Crippen LogP contribution in [0.25, 0.3) is 49.0 Å². The summed E-state index contributed by atoms with van der Waals surface area (Å²) in [5, 5.41) is 45.2. The van der Waals surface area contributed by atoms with E-state index in [1.165, 1.54) is 82.3 Å². The molecule has 0 aliphatic carbocycles. The highest BCUT2D eigenvalue weighted by atomic mass is 15.0. The first kappa shape index (κ1) is 90.2. The maximum Gasteiger partial charge on any atom is 0.0991 e. The Morgan fingerprint density at radius 1 is 0.298 bits per heavy atom. The molecule has 11 aromatic rings. The van der Waals surface area contributed by atoms with E-state index in [2.05, 4.69) is 289 Å². The molecule has 0 amide bonds. The van der Waals surface area contributed by atoms with E-state index in [-0.39, 0.29) is 0 Å². The van der Waals surface area contributed by atoms with E-state index in [0.717, 1.165) is 0 Å². The average Bonchev–Trinajstić information content (AvgIpc) is 1.61. The minimum absolute atomic E-state index is 0.500. The maximum atomic E-state index is 8.29. The molecule has 0 aliphatic heterocycles. The van der Waals surface area contributed by atoms with Crippen molar-refractivity contribution in [3.05, 3.63) is 267 Å². The molecule has 3 heterocycles. The fourth-order valence-electron chi connectivity index (χ4n) is 6.24. The van der Waals surface area contributed by atoms with Gasteiger partial charge in [0, 0.05) is 81.3 Å². The number of aromatic nitrogens is 4. The van der Waals surface area contributed by atoms with E-state index in [0.29, 0.717) is 27.2 Å². The third kappa shape index (κ3) is 58.2. The molecular formula is C85H111N9. The molecule has 11 rings (SSSR count). The van der Waals surface area contributed by atoms with Crippen molar-refractivity contribution in [3.8, 4) is 36.0 Å². The van der Waals surface area contributed by atoms with Gasteiger partial charge in [-0.15, -0.1) is 0 Å². The van der Waals surface area contributed by atoms with E-state index < -0.39 is 0 Å². The van der Waals surface area contributed by atoms with E-state index in [1.54, 1.807) is 61.2 Å². The smallest absolute Gasteiger partial charge is 0.0991 e. The molecule has 0 aliphatic rings. The lowest BCUT2D eigenvalue weighted by atomic mass is 10.0. The van der Waals surface area contributed by atoms with Crippen molar-refractivity contribution in [3.63, 3.8) is 0 Å². The van der Waals surface area contributed by atoms with Crippen LogP contribution >= 0.6 is 0 Å². The summed E-state index contributed by atoms with van der Waals surface area (Å²) < 4.78 is 2.32. The number of aryl methyl sites for hydroxylation is 1. The summed E-state index contributed by atoms with van der Waals surface area (Å²) in [6.07, 6.45) is 10.2. The molecule has 3 aromatic heterocycles. The molecule has 0 bridgehead atoms. The second kappa shape index (κ2) is 55.6. The predicted octanol–water partition coefficient (Wildman–Crippen LogP) is 25.2. The zero-order chi connectivity index (χ0) is 72.3. The Bertz CT molecular complexity index is 3370. The zero-order valence-electron chi connectivity index (χ0n) is 61.3. The van der Waals surface area contributed by atoms with Gasteiger partial charge in [0.15, 0.2) is 0 Å².